The van der Waals surface area contributed by atoms with E-state index in [0.29, 0.717) is 6.42 Å². The predicted octanol–water partition coefficient (Wildman–Crippen LogP) is -7.18. The number of carbonyl (C=O) groups is 1. The molecule has 0 aromatic carbocycles. The van der Waals surface area contributed by atoms with E-state index in [-0.39, 0.29) is 59.1 Å². The summed E-state index contributed by atoms with van der Waals surface area (Å²) >= 11 is 1.60. The number of carboxylic acids is 1. The Morgan fingerprint density at radius 3 is 1.94 bits per heavy atom. The monoisotopic (exact) mass is 291 g/mol. The molecule has 0 bridgehead atoms. The molecule has 0 saturated heterocycles. The minimum atomic E-state index is -5.17. The van der Waals surface area contributed by atoms with Gasteiger partial charge in [-0.15, -0.1) is 0 Å². The molecule has 1 unspecified atom stereocenters. The summed E-state index contributed by atoms with van der Waals surface area (Å²) in [5, 5.41) is 8.27. The van der Waals surface area contributed by atoms with Crippen LogP contribution in [0, 0.1) is 0 Å². The maximum atomic E-state index is 10.1. The molecule has 0 rings (SSSR count). The fourth-order valence-corrected chi connectivity index (χ4v) is 0.858. The summed E-state index contributed by atoms with van der Waals surface area (Å²) in [6.07, 6.45) is 2.48. The van der Waals surface area contributed by atoms with Crippen molar-refractivity contribution < 1.29 is 86.5 Å². The van der Waals surface area contributed by atoms with Crippen molar-refractivity contribution in [3.63, 3.8) is 0 Å². The van der Waals surface area contributed by atoms with E-state index in [2.05, 4.69) is 0 Å². The Balaban J connectivity index is -0.0000000904. The molecule has 0 amide bonds. The fraction of sp³-hybridized carbons (Fsp3) is 0.800. The molecular formula is C5H11NNa2O6S2. The summed E-state index contributed by atoms with van der Waals surface area (Å²) in [5.74, 6) is -0.1000. The van der Waals surface area contributed by atoms with Crippen molar-refractivity contribution in [1.82, 2.24) is 0 Å². The molecule has 3 N–H and O–H groups in total. The minimum Gasteiger partial charge on any atom is -0.759 e. The van der Waals surface area contributed by atoms with Gasteiger partial charge in [-0.3, -0.25) is 13.2 Å². The van der Waals surface area contributed by atoms with Crippen LogP contribution < -0.4 is 64.8 Å². The van der Waals surface area contributed by atoms with Crippen molar-refractivity contribution in [3.05, 3.63) is 0 Å². The summed E-state index contributed by atoms with van der Waals surface area (Å²) < 4.78 is 34.1. The van der Waals surface area contributed by atoms with Gasteiger partial charge in [0.25, 0.3) is 0 Å². The zero-order valence-corrected chi connectivity index (χ0v) is 15.0. The molecule has 0 aromatic heterocycles. The van der Waals surface area contributed by atoms with Crippen LogP contribution in [0.5, 0.6) is 0 Å². The summed E-state index contributed by atoms with van der Waals surface area (Å²) in [6.45, 7) is 0. The molecule has 0 aliphatic heterocycles. The van der Waals surface area contributed by atoms with Crippen LogP contribution >= 0.6 is 11.8 Å². The first-order chi connectivity index (χ1) is 6.18. The third-order valence-electron chi connectivity index (χ3n) is 0.950. The number of hydrogen-bond acceptors (Lipinski definition) is 7. The summed E-state index contributed by atoms with van der Waals surface area (Å²) in [6, 6.07) is -0.683. The maximum Gasteiger partial charge on any atom is 1.00 e. The Morgan fingerprint density at radius 2 is 1.75 bits per heavy atom. The Kier molecular flexibility index (Phi) is 24.1. The average molecular weight is 291 g/mol. The zero-order valence-electron chi connectivity index (χ0n) is 9.37. The van der Waals surface area contributed by atoms with E-state index in [1.54, 1.807) is 11.8 Å². The molecule has 0 aromatic rings. The van der Waals surface area contributed by atoms with Crippen LogP contribution in [0.2, 0.25) is 0 Å². The molecular weight excluding hydrogens is 280 g/mol. The SMILES string of the molecule is CSCCC(N)C(=O)O.O=S(=O)([O-])[O-].[Na+].[Na+]. The second-order valence-electron chi connectivity index (χ2n) is 2.13. The van der Waals surface area contributed by atoms with Gasteiger partial charge in [0.15, 0.2) is 0 Å². The molecule has 0 aliphatic rings. The molecule has 7 nitrogen and oxygen atoms in total. The number of thioether (sulfide) groups is 1. The standard InChI is InChI=1S/C5H11NO2S.2Na.H2O4S/c1-9-3-2-4(6)5(7)8;;;1-5(2,3)4/h4H,2-3,6H2,1H3,(H,7,8);;;(H2,1,2,3,4)/q;2*+1;/p-2. The molecule has 0 saturated carbocycles. The van der Waals surface area contributed by atoms with Gasteiger partial charge in [0.2, 0.25) is 0 Å². The van der Waals surface area contributed by atoms with E-state index in [0.717, 1.165) is 5.75 Å². The van der Waals surface area contributed by atoms with E-state index in [1.165, 1.54) is 0 Å². The van der Waals surface area contributed by atoms with E-state index in [9.17, 15) is 4.79 Å². The Bertz CT molecular complexity index is 252. The number of nitrogens with two attached hydrogens (primary N) is 1. The topological polar surface area (TPSA) is 144 Å². The first-order valence-corrected chi connectivity index (χ1v) is 6.05. The molecule has 0 spiro atoms. The van der Waals surface area contributed by atoms with Gasteiger partial charge in [0.05, 0.1) is 0 Å². The Labute approximate surface area is 143 Å². The van der Waals surface area contributed by atoms with Gasteiger partial charge in [-0.2, -0.15) is 11.8 Å². The van der Waals surface area contributed by atoms with E-state index in [1.807, 2.05) is 6.26 Å². The molecule has 0 radical (unpaired) electrons. The summed E-state index contributed by atoms with van der Waals surface area (Å²) in [4.78, 5) is 10.1. The third kappa shape index (κ3) is 36.1. The van der Waals surface area contributed by atoms with Crippen molar-refractivity contribution in [1.29, 1.82) is 0 Å². The molecule has 16 heavy (non-hydrogen) atoms. The third-order valence-corrected chi connectivity index (χ3v) is 1.59. The second-order valence-corrected chi connectivity index (χ2v) is 3.94. The number of aliphatic carboxylic acids is 1. The first kappa shape index (κ1) is 26.3. The number of hydrogen-bond donors (Lipinski definition) is 2. The van der Waals surface area contributed by atoms with Crippen LogP contribution in [0.15, 0.2) is 0 Å². The van der Waals surface area contributed by atoms with Gasteiger partial charge >= 0.3 is 65.1 Å². The van der Waals surface area contributed by atoms with Gasteiger partial charge in [-0.1, -0.05) is 0 Å². The van der Waals surface area contributed by atoms with Gasteiger partial charge in [0.1, 0.15) is 6.04 Å². The zero-order chi connectivity index (χ0) is 11.8. The van der Waals surface area contributed by atoms with Gasteiger partial charge in [0, 0.05) is 10.4 Å². The van der Waals surface area contributed by atoms with Crippen molar-refractivity contribution in [2.24, 2.45) is 5.73 Å². The normalized spacial score (nSPS) is 11.0. The number of rotatable bonds is 4. The smallest absolute Gasteiger partial charge is 0.759 e. The van der Waals surface area contributed by atoms with Gasteiger partial charge in [-0.05, 0) is 18.4 Å². The number of carboxylic acid groups (broad SMARTS) is 1. The van der Waals surface area contributed by atoms with Crippen LogP contribution in [0.4, 0.5) is 0 Å². The minimum absolute atomic E-state index is 0. The summed E-state index contributed by atoms with van der Waals surface area (Å²) in [5.41, 5.74) is 5.19. The average Bonchev–Trinajstić information content (AvgIpc) is 1.96. The first-order valence-electron chi connectivity index (χ1n) is 3.32. The van der Waals surface area contributed by atoms with Crippen molar-refractivity contribution in [2.45, 2.75) is 12.5 Å². The fourth-order valence-electron chi connectivity index (χ4n) is 0.368. The van der Waals surface area contributed by atoms with Gasteiger partial charge in [-0.25, -0.2) is 0 Å². The Morgan fingerprint density at radius 1 is 1.44 bits per heavy atom. The van der Waals surface area contributed by atoms with Crippen LogP contribution in [0.1, 0.15) is 6.42 Å². The van der Waals surface area contributed by atoms with E-state index < -0.39 is 22.4 Å². The van der Waals surface area contributed by atoms with Crippen molar-refractivity contribution in [3.8, 4) is 0 Å². The molecule has 0 aliphatic carbocycles. The van der Waals surface area contributed by atoms with Crippen LogP contribution in [-0.4, -0.2) is 46.6 Å². The molecule has 86 valence electrons. The van der Waals surface area contributed by atoms with E-state index in [4.69, 9.17) is 28.4 Å². The van der Waals surface area contributed by atoms with Gasteiger partial charge < -0.3 is 19.9 Å². The predicted molar refractivity (Wildman–Crippen MR) is 49.1 cm³/mol. The second kappa shape index (κ2) is 14.7. The molecule has 11 heteroatoms. The molecule has 0 heterocycles. The molecule has 0 fully saturated rings. The molecule has 1 atom stereocenters. The largest absolute Gasteiger partial charge is 1.00 e. The summed E-state index contributed by atoms with van der Waals surface area (Å²) in [7, 11) is -5.17. The van der Waals surface area contributed by atoms with Crippen LogP contribution in [0.25, 0.3) is 0 Å². The van der Waals surface area contributed by atoms with Crippen LogP contribution in [-0.2, 0) is 15.2 Å². The Hall–Kier alpha value is 1.65. The van der Waals surface area contributed by atoms with Crippen LogP contribution in [0.3, 0.4) is 0 Å². The van der Waals surface area contributed by atoms with Crippen molar-refractivity contribution in [2.75, 3.05) is 12.0 Å². The quantitative estimate of drug-likeness (QED) is 0.295. The van der Waals surface area contributed by atoms with E-state index >= 15 is 0 Å². The maximum absolute atomic E-state index is 10.1. The van der Waals surface area contributed by atoms with Crippen molar-refractivity contribution >= 4 is 28.1 Å².